The van der Waals surface area contributed by atoms with Gasteiger partial charge < -0.3 is 10.6 Å². The van der Waals surface area contributed by atoms with Crippen LogP contribution in [-0.4, -0.2) is 10.9 Å². The molecule has 2 aromatic rings. The van der Waals surface area contributed by atoms with Crippen LogP contribution in [0.4, 0.5) is 5.69 Å². The van der Waals surface area contributed by atoms with E-state index in [0.29, 0.717) is 0 Å². The van der Waals surface area contributed by atoms with E-state index in [2.05, 4.69) is 35.5 Å². The summed E-state index contributed by atoms with van der Waals surface area (Å²) in [6, 6.07) is 12.3. The number of hydrogen-bond acceptors (Lipinski definition) is 3. The number of pyridine rings is 1. The average molecular weight is 283 g/mol. The van der Waals surface area contributed by atoms with Crippen molar-refractivity contribution in [2.45, 2.75) is 32.9 Å². The third kappa shape index (κ3) is 4.39. The Hall–Kier alpha value is -2.20. The molecule has 1 unspecified atom stereocenters. The minimum atomic E-state index is -0.0575. The highest BCUT2D eigenvalue weighted by Crippen LogP contribution is 2.21. The minimum Gasteiger partial charge on any atom is -0.326 e. The zero-order chi connectivity index (χ0) is 15.2. The van der Waals surface area contributed by atoms with Crippen LogP contribution in [0.25, 0.3) is 0 Å². The minimum absolute atomic E-state index is 0.0575. The van der Waals surface area contributed by atoms with Gasteiger partial charge in [0.2, 0.25) is 5.91 Å². The molecule has 2 atom stereocenters. The fourth-order valence-electron chi connectivity index (χ4n) is 2.31. The van der Waals surface area contributed by atoms with Gasteiger partial charge in [-0.15, -0.1) is 0 Å². The van der Waals surface area contributed by atoms with E-state index >= 15 is 0 Å². The van der Waals surface area contributed by atoms with Crippen molar-refractivity contribution in [2.75, 3.05) is 5.32 Å². The molecule has 0 fully saturated rings. The van der Waals surface area contributed by atoms with E-state index in [1.807, 2.05) is 30.3 Å². The molecule has 0 aliphatic carbocycles. The maximum atomic E-state index is 11.1. The van der Waals surface area contributed by atoms with Gasteiger partial charge in [-0.25, -0.2) is 0 Å². The quantitative estimate of drug-likeness (QED) is 0.883. The summed E-state index contributed by atoms with van der Waals surface area (Å²) in [6.45, 7) is 5.76. The van der Waals surface area contributed by atoms with Crippen molar-refractivity contribution in [3.05, 3.63) is 59.9 Å². The van der Waals surface area contributed by atoms with Gasteiger partial charge in [0.1, 0.15) is 0 Å². The Morgan fingerprint density at radius 1 is 1.05 bits per heavy atom. The second-order valence-electron chi connectivity index (χ2n) is 5.20. The summed E-state index contributed by atoms with van der Waals surface area (Å²) >= 11 is 0. The van der Waals surface area contributed by atoms with E-state index in [4.69, 9.17) is 0 Å². The van der Waals surface area contributed by atoms with Crippen LogP contribution in [0.1, 0.15) is 44.0 Å². The van der Waals surface area contributed by atoms with Crippen molar-refractivity contribution >= 4 is 11.6 Å². The molecule has 0 saturated carbocycles. The fraction of sp³-hybridized carbons (Fsp3) is 0.294. The van der Waals surface area contributed by atoms with Crippen LogP contribution in [-0.2, 0) is 4.79 Å². The van der Waals surface area contributed by atoms with Crippen LogP contribution in [0.3, 0.4) is 0 Å². The molecule has 0 radical (unpaired) electrons. The molecule has 0 saturated heterocycles. The predicted molar refractivity (Wildman–Crippen MR) is 84.9 cm³/mol. The highest BCUT2D eigenvalue weighted by Gasteiger charge is 2.11. The fourth-order valence-corrected chi connectivity index (χ4v) is 2.31. The smallest absolute Gasteiger partial charge is 0.221 e. The number of carbonyl (C=O) groups excluding carboxylic acids is 1. The molecule has 0 aliphatic heterocycles. The zero-order valence-corrected chi connectivity index (χ0v) is 12.6. The lowest BCUT2D eigenvalue weighted by molar-refractivity contribution is -0.114. The first-order valence-corrected chi connectivity index (χ1v) is 7.10. The molecule has 1 heterocycles. The van der Waals surface area contributed by atoms with Gasteiger partial charge in [0, 0.05) is 37.1 Å². The number of amides is 1. The Morgan fingerprint density at radius 2 is 1.71 bits per heavy atom. The Bertz CT molecular complexity index is 598. The molecular formula is C17H21N3O. The molecule has 4 nitrogen and oxygen atoms in total. The van der Waals surface area contributed by atoms with Crippen LogP contribution in [0.5, 0.6) is 0 Å². The summed E-state index contributed by atoms with van der Waals surface area (Å²) < 4.78 is 0. The normalized spacial score (nSPS) is 13.5. The van der Waals surface area contributed by atoms with E-state index in [0.717, 1.165) is 11.3 Å². The Kier molecular flexibility index (Phi) is 5.06. The van der Waals surface area contributed by atoms with Crippen molar-refractivity contribution in [3.63, 3.8) is 0 Å². The predicted octanol–water partition coefficient (Wildman–Crippen LogP) is 3.45. The molecule has 0 bridgehead atoms. The van der Waals surface area contributed by atoms with Gasteiger partial charge >= 0.3 is 0 Å². The largest absolute Gasteiger partial charge is 0.326 e. The Balaban J connectivity index is 2.06. The van der Waals surface area contributed by atoms with Gasteiger partial charge in [0.15, 0.2) is 0 Å². The standard InChI is InChI=1S/C17H21N3O/c1-12(15-7-9-18-10-8-15)19-13(2)16-5-4-6-17(11-16)20-14(3)21/h4-13,19H,1-3H3,(H,20,21)/t12-,13?/m1/s1. The van der Waals surface area contributed by atoms with Crippen molar-refractivity contribution in [3.8, 4) is 0 Å². The van der Waals surface area contributed by atoms with Gasteiger partial charge in [-0.3, -0.25) is 9.78 Å². The summed E-state index contributed by atoms with van der Waals surface area (Å²) in [4.78, 5) is 15.2. The lowest BCUT2D eigenvalue weighted by Gasteiger charge is -2.21. The molecule has 4 heteroatoms. The van der Waals surface area contributed by atoms with Crippen LogP contribution >= 0.6 is 0 Å². The Morgan fingerprint density at radius 3 is 2.38 bits per heavy atom. The molecule has 2 N–H and O–H groups in total. The second kappa shape index (κ2) is 6.99. The summed E-state index contributed by atoms with van der Waals surface area (Å²) in [6.07, 6.45) is 3.60. The van der Waals surface area contributed by atoms with Gasteiger partial charge in [-0.05, 0) is 49.2 Å². The van der Waals surface area contributed by atoms with E-state index in [1.165, 1.54) is 12.5 Å². The molecule has 0 aliphatic rings. The highest BCUT2D eigenvalue weighted by atomic mass is 16.1. The van der Waals surface area contributed by atoms with E-state index in [9.17, 15) is 4.79 Å². The lowest BCUT2D eigenvalue weighted by Crippen LogP contribution is -2.22. The van der Waals surface area contributed by atoms with E-state index in [-0.39, 0.29) is 18.0 Å². The van der Waals surface area contributed by atoms with Crippen molar-refractivity contribution < 1.29 is 4.79 Å². The first kappa shape index (κ1) is 15.2. The second-order valence-corrected chi connectivity index (χ2v) is 5.20. The van der Waals surface area contributed by atoms with Crippen LogP contribution in [0, 0.1) is 0 Å². The number of nitrogens with one attached hydrogen (secondary N) is 2. The third-order valence-corrected chi connectivity index (χ3v) is 3.41. The number of carbonyl (C=O) groups is 1. The molecule has 0 spiro atoms. The van der Waals surface area contributed by atoms with Gasteiger partial charge in [-0.1, -0.05) is 12.1 Å². The van der Waals surface area contributed by atoms with Gasteiger partial charge in [0.05, 0.1) is 0 Å². The van der Waals surface area contributed by atoms with E-state index in [1.54, 1.807) is 12.4 Å². The van der Waals surface area contributed by atoms with Crippen LogP contribution in [0.15, 0.2) is 48.8 Å². The van der Waals surface area contributed by atoms with Gasteiger partial charge in [-0.2, -0.15) is 0 Å². The SMILES string of the molecule is CC(=O)Nc1cccc(C(C)N[C@H](C)c2ccncc2)c1. The summed E-state index contributed by atoms with van der Waals surface area (Å²) in [5, 5.41) is 6.36. The average Bonchev–Trinajstić information content (AvgIpc) is 2.47. The first-order valence-electron chi connectivity index (χ1n) is 7.10. The molecular weight excluding hydrogens is 262 g/mol. The van der Waals surface area contributed by atoms with Crippen molar-refractivity contribution in [1.82, 2.24) is 10.3 Å². The third-order valence-electron chi connectivity index (χ3n) is 3.41. The van der Waals surface area contributed by atoms with Crippen LogP contribution in [0.2, 0.25) is 0 Å². The maximum Gasteiger partial charge on any atom is 0.221 e. The molecule has 2 rings (SSSR count). The highest BCUT2D eigenvalue weighted by molar-refractivity contribution is 5.88. The molecule has 1 aromatic heterocycles. The maximum absolute atomic E-state index is 11.1. The molecule has 1 amide bonds. The molecule has 21 heavy (non-hydrogen) atoms. The molecule has 1 aromatic carbocycles. The number of aromatic nitrogens is 1. The van der Waals surface area contributed by atoms with Gasteiger partial charge in [0.25, 0.3) is 0 Å². The number of benzene rings is 1. The Labute approximate surface area is 125 Å². The summed E-state index contributed by atoms with van der Waals surface area (Å²) in [5.74, 6) is -0.0575. The number of nitrogens with zero attached hydrogens (tertiary/aromatic N) is 1. The zero-order valence-electron chi connectivity index (χ0n) is 12.6. The monoisotopic (exact) mass is 283 g/mol. The van der Waals surface area contributed by atoms with E-state index < -0.39 is 0 Å². The summed E-state index contributed by atoms with van der Waals surface area (Å²) in [7, 11) is 0. The topological polar surface area (TPSA) is 54.0 Å². The summed E-state index contributed by atoms with van der Waals surface area (Å²) in [5.41, 5.74) is 3.17. The van der Waals surface area contributed by atoms with Crippen LogP contribution < -0.4 is 10.6 Å². The first-order chi connectivity index (χ1) is 10.1. The molecule has 110 valence electrons. The van der Waals surface area contributed by atoms with Crippen molar-refractivity contribution in [2.24, 2.45) is 0 Å². The number of rotatable bonds is 5. The number of hydrogen-bond donors (Lipinski definition) is 2. The lowest BCUT2D eigenvalue weighted by atomic mass is 10.0. The van der Waals surface area contributed by atoms with Crippen molar-refractivity contribution in [1.29, 1.82) is 0 Å². The number of anilines is 1.